The van der Waals surface area contributed by atoms with Gasteiger partial charge in [-0.1, -0.05) is 0 Å². The highest BCUT2D eigenvalue weighted by atomic mass is 16.5. The molecular weight excluding hydrogens is 226 g/mol. The molecule has 18 heavy (non-hydrogen) atoms. The Hall–Kier alpha value is -0.120. The predicted molar refractivity (Wildman–Crippen MR) is 73.8 cm³/mol. The maximum absolute atomic E-state index is 5.93. The van der Waals surface area contributed by atoms with E-state index in [1.807, 2.05) is 0 Å². The monoisotopic (exact) mass is 255 g/mol. The van der Waals surface area contributed by atoms with Crippen LogP contribution in [0.3, 0.4) is 0 Å². The third-order valence-electron chi connectivity index (χ3n) is 4.33. The third-order valence-corrected chi connectivity index (χ3v) is 4.33. The van der Waals surface area contributed by atoms with Gasteiger partial charge in [0.25, 0.3) is 0 Å². The summed E-state index contributed by atoms with van der Waals surface area (Å²) >= 11 is 0. The molecule has 0 aromatic heterocycles. The molecular formula is C15H29NO2. The van der Waals surface area contributed by atoms with Crippen LogP contribution >= 0.6 is 0 Å². The predicted octanol–water partition coefficient (Wildman–Crippen LogP) is 2.69. The van der Waals surface area contributed by atoms with Crippen molar-refractivity contribution >= 4 is 0 Å². The summed E-state index contributed by atoms with van der Waals surface area (Å²) in [6.07, 6.45) is 6.14. The molecule has 0 unspecified atom stereocenters. The van der Waals surface area contributed by atoms with Crippen LogP contribution in [0.4, 0.5) is 0 Å². The Bertz CT molecular complexity index is 239. The van der Waals surface area contributed by atoms with E-state index in [2.05, 4.69) is 25.7 Å². The fourth-order valence-electron chi connectivity index (χ4n) is 3.44. The van der Waals surface area contributed by atoms with E-state index < -0.39 is 0 Å². The zero-order chi connectivity index (χ0) is 13.0. The molecule has 3 nitrogen and oxygen atoms in total. The summed E-state index contributed by atoms with van der Waals surface area (Å²) in [6, 6.07) is 0. The molecule has 2 rings (SSSR count). The summed E-state index contributed by atoms with van der Waals surface area (Å²) < 4.78 is 11.3. The van der Waals surface area contributed by atoms with Gasteiger partial charge in [0.2, 0.25) is 0 Å². The Morgan fingerprint density at radius 2 is 1.89 bits per heavy atom. The summed E-state index contributed by atoms with van der Waals surface area (Å²) in [5.41, 5.74) is 0.628. The maximum Gasteiger partial charge on any atom is 0.0593 e. The number of nitrogens with zero attached hydrogens (tertiary/aromatic N) is 1. The van der Waals surface area contributed by atoms with Gasteiger partial charge in [-0.05, 0) is 51.9 Å². The fraction of sp³-hybridized carbons (Fsp3) is 1.00. The van der Waals surface area contributed by atoms with Crippen molar-refractivity contribution in [2.24, 2.45) is 5.41 Å². The van der Waals surface area contributed by atoms with Gasteiger partial charge in [0.05, 0.1) is 18.8 Å². The second-order valence-electron chi connectivity index (χ2n) is 6.29. The lowest BCUT2D eigenvalue weighted by Gasteiger charge is -2.53. The van der Waals surface area contributed by atoms with Crippen molar-refractivity contribution in [3.8, 4) is 0 Å². The largest absolute Gasteiger partial charge is 0.380 e. The second-order valence-corrected chi connectivity index (χ2v) is 6.29. The minimum atomic E-state index is 0.383. The minimum Gasteiger partial charge on any atom is -0.380 e. The molecule has 1 spiro atoms. The molecule has 2 fully saturated rings. The van der Waals surface area contributed by atoms with Crippen molar-refractivity contribution in [2.75, 3.05) is 32.8 Å². The number of rotatable bonds is 6. The number of likely N-dealkylation sites (tertiary alicyclic amines) is 1. The Morgan fingerprint density at radius 1 is 1.22 bits per heavy atom. The average Bonchev–Trinajstić information content (AvgIpc) is 2.29. The topological polar surface area (TPSA) is 21.7 Å². The zero-order valence-corrected chi connectivity index (χ0v) is 12.3. The van der Waals surface area contributed by atoms with Crippen molar-refractivity contribution in [1.29, 1.82) is 0 Å². The molecule has 3 heteroatoms. The van der Waals surface area contributed by atoms with Crippen molar-refractivity contribution in [3.05, 3.63) is 0 Å². The van der Waals surface area contributed by atoms with Crippen molar-refractivity contribution in [1.82, 2.24) is 4.90 Å². The number of ether oxygens (including phenoxy) is 2. The fourth-order valence-corrected chi connectivity index (χ4v) is 3.44. The minimum absolute atomic E-state index is 0.383. The van der Waals surface area contributed by atoms with Crippen LogP contribution in [0.25, 0.3) is 0 Å². The first-order valence-electron chi connectivity index (χ1n) is 7.59. The lowest BCUT2D eigenvalue weighted by molar-refractivity contribution is -0.0880. The number of hydrogen-bond donors (Lipinski definition) is 0. The molecule has 0 atom stereocenters. The molecule has 1 saturated heterocycles. The smallest absolute Gasteiger partial charge is 0.0593 e. The van der Waals surface area contributed by atoms with E-state index in [-0.39, 0.29) is 0 Å². The summed E-state index contributed by atoms with van der Waals surface area (Å²) in [5, 5.41) is 0. The van der Waals surface area contributed by atoms with E-state index in [1.165, 1.54) is 38.8 Å². The molecule has 0 aromatic carbocycles. The molecule has 0 aromatic rings. The van der Waals surface area contributed by atoms with Crippen LogP contribution in [0, 0.1) is 5.41 Å². The maximum atomic E-state index is 5.93. The lowest BCUT2D eigenvalue weighted by atomic mass is 9.68. The second kappa shape index (κ2) is 6.36. The van der Waals surface area contributed by atoms with Crippen LogP contribution < -0.4 is 0 Å². The Labute approximate surface area is 112 Å². The third kappa shape index (κ3) is 3.69. The van der Waals surface area contributed by atoms with Gasteiger partial charge in [-0.2, -0.15) is 0 Å². The summed E-state index contributed by atoms with van der Waals surface area (Å²) in [5.74, 6) is 0. The lowest BCUT2D eigenvalue weighted by Crippen LogP contribution is -2.58. The Morgan fingerprint density at radius 3 is 2.44 bits per heavy atom. The summed E-state index contributed by atoms with van der Waals surface area (Å²) in [6.45, 7) is 11.8. The molecule has 0 bridgehead atoms. The van der Waals surface area contributed by atoms with Crippen molar-refractivity contribution in [3.63, 3.8) is 0 Å². The molecule has 0 amide bonds. The van der Waals surface area contributed by atoms with Gasteiger partial charge in [-0.15, -0.1) is 0 Å². The van der Waals surface area contributed by atoms with Crippen molar-refractivity contribution in [2.45, 2.75) is 58.7 Å². The highest BCUT2D eigenvalue weighted by molar-refractivity contribution is 4.98. The molecule has 106 valence electrons. The van der Waals surface area contributed by atoms with Crippen LogP contribution in [-0.4, -0.2) is 50.0 Å². The van der Waals surface area contributed by atoms with Crippen LogP contribution in [0.15, 0.2) is 0 Å². The number of hydrogen-bond acceptors (Lipinski definition) is 3. The average molecular weight is 255 g/mol. The van der Waals surface area contributed by atoms with Gasteiger partial charge in [-0.3, -0.25) is 4.90 Å². The first-order valence-corrected chi connectivity index (χ1v) is 7.59. The van der Waals surface area contributed by atoms with Crippen LogP contribution in [0.5, 0.6) is 0 Å². The zero-order valence-electron chi connectivity index (χ0n) is 12.3. The van der Waals surface area contributed by atoms with Gasteiger partial charge in [0.1, 0.15) is 0 Å². The molecule has 0 radical (unpaired) electrons. The van der Waals surface area contributed by atoms with Gasteiger partial charge >= 0.3 is 0 Å². The summed E-state index contributed by atoms with van der Waals surface area (Å²) in [7, 11) is 0. The molecule has 2 aliphatic rings. The molecule has 1 aliphatic carbocycles. The van der Waals surface area contributed by atoms with Crippen molar-refractivity contribution < 1.29 is 9.47 Å². The van der Waals surface area contributed by atoms with Crippen LogP contribution in [-0.2, 0) is 9.47 Å². The quantitative estimate of drug-likeness (QED) is 0.681. The first-order chi connectivity index (χ1) is 8.63. The van der Waals surface area contributed by atoms with E-state index in [1.54, 1.807) is 0 Å². The van der Waals surface area contributed by atoms with Gasteiger partial charge < -0.3 is 9.47 Å². The van der Waals surface area contributed by atoms with E-state index in [4.69, 9.17) is 9.47 Å². The first kappa shape index (κ1) is 14.3. The molecule has 1 saturated carbocycles. The van der Waals surface area contributed by atoms with Gasteiger partial charge in [-0.25, -0.2) is 0 Å². The van der Waals surface area contributed by atoms with Gasteiger partial charge in [0, 0.05) is 26.2 Å². The normalized spacial score (nSPS) is 24.7. The molecule has 1 aliphatic heterocycles. The van der Waals surface area contributed by atoms with Crippen LogP contribution in [0.1, 0.15) is 46.5 Å². The van der Waals surface area contributed by atoms with E-state index in [9.17, 15) is 0 Å². The molecule has 1 heterocycles. The highest BCUT2D eigenvalue weighted by Gasteiger charge is 2.44. The van der Waals surface area contributed by atoms with E-state index in [0.29, 0.717) is 17.6 Å². The highest BCUT2D eigenvalue weighted by Crippen LogP contribution is 2.44. The van der Waals surface area contributed by atoms with E-state index >= 15 is 0 Å². The SMILES string of the molecule is CCOCCN1CC2(CCC(OC(C)C)CC2)C1. The Balaban J connectivity index is 1.62. The Kier molecular flexibility index (Phi) is 5.05. The summed E-state index contributed by atoms with van der Waals surface area (Å²) in [4.78, 5) is 2.54. The van der Waals surface area contributed by atoms with Gasteiger partial charge in [0.15, 0.2) is 0 Å². The molecule has 0 N–H and O–H groups in total. The van der Waals surface area contributed by atoms with Crippen LogP contribution in [0.2, 0.25) is 0 Å². The standard InChI is InChI=1S/C15H29NO2/c1-4-17-10-9-16-11-15(12-16)7-5-14(6-8-15)18-13(2)3/h13-14H,4-12H2,1-3H3. The van der Waals surface area contributed by atoms with E-state index in [0.717, 1.165) is 19.8 Å².